The quantitative estimate of drug-likeness (QED) is 0.586. The van der Waals surface area contributed by atoms with E-state index in [0.29, 0.717) is 43.6 Å². The van der Waals surface area contributed by atoms with Crippen molar-refractivity contribution in [1.29, 1.82) is 0 Å². The molecule has 0 aliphatic carbocycles. The highest BCUT2D eigenvalue weighted by atomic mass is 32.2. The molecule has 1 aliphatic rings. The first kappa shape index (κ1) is 22.0. The van der Waals surface area contributed by atoms with Crippen LogP contribution < -0.4 is 19.7 Å². The third kappa shape index (κ3) is 6.13. The van der Waals surface area contributed by atoms with Crippen LogP contribution in [-0.4, -0.2) is 65.3 Å². The molecule has 1 aromatic rings. The van der Waals surface area contributed by atoms with Crippen LogP contribution in [0.4, 0.5) is 11.4 Å². The molecule has 0 unspecified atom stereocenters. The smallest absolute Gasteiger partial charge is 0.239 e. The SMILES string of the molecule is C=CCS(=O)(=O)CC(=O)Nc1cc(OCC)c(N2CCOCC2)cc1OCC. The Morgan fingerprint density at radius 1 is 1.21 bits per heavy atom. The van der Waals surface area contributed by atoms with Gasteiger partial charge in [-0.1, -0.05) is 6.08 Å². The molecule has 1 heterocycles. The molecule has 1 fully saturated rings. The Labute approximate surface area is 166 Å². The molecule has 0 spiro atoms. The second-order valence-corrected chi connectivity index (χ2v) is 8.28. The number of anilines is 2. The predicted molar refractivity (Wildman–Crippen MR) is 109 cm³/mol. The third-order valence-corrected chi connectivity index (χ3v) is 5.46. The van der Waals surface area contributed by atoms with Crippen molar-refractivity contribution in [3.63, 3.8) is 0 Å². The summed E-state index contributed by atoms with van der Waals surface area (Å²) < 4.78 is 40.6. The standard InChI is InChI=1S/C19H28N2O6S/c1-4-11-28(23,24)14-19(22)20-15-12-18(27-6-3)16(13-17(15)26-5-2)21-7-9-25-10-8-21/h4,12-13H,1,5-11,14H2,2-3H3,(H,20,22). The predicted octanol–water partition coefficient (Wildman–Crippen LogP) is 1.86. The van der Waals surface area contributed by atoms with E-state index in [2.05, 4.69) is 16.8 Å². The number of rotatable bonds is 10. The van der Waals surface area contributed by atoms with Gasteiger partial charge in [-0.3, -0.25) is 4.79 Å². The molecule has 0 atom stereocenters. The largest absolute Gasteiger partial charge is 0.492 e. The lowest BCUT2D eigenvalue weighted by Crippen LogP contribution is -2.36. The van der Waals surface area contributed by atoms with E-state index in [1.165, 1.54) is 6.08 Å². The molecule has 2 rings (SSSR count). The molecule has 1 aromatic carbocycles. The van der Waals surface area contributed by atoms with Crippen molar-refractivity contribution in [2.75, 3.05) is 61.2 Å². The van der Waals surface area contributed by atoms with Gasteiger partial charge in [0.15, 0.2) is 9.84 Å². The second-order valence-electron chi connectivity index (χ2n) is 6.17. The molecule has 0 radical (unpaired) electrons. The fraction of sp³-hybridized carbons (Fsp3) is 0.526. The van der Waals surface area contributed by atoms with Crippen LogP contribution in [0.1, 0.15) is 13.8 Å². The maximum absolute atomic E-state index is 12.3. The van der Waals surface area contributed by atoms with Gasteiger partial charge in [-0.2, -0.15) is 0 Å². The van der Waals surface area contributed by atoms with E-state index in [1.807, 2.05) is 19.9 Å². The fourth-order valence-electron chi connectivity index (χ4n) is 2.87. The van der Waals surface area contributed by atoms with Crippen LogP contribution in [0.25, 0.3) is 0 Å². The monoisotopic (exact) mass is 412 g/mol. The van der Waals surface area contributed by atoms with Crippen molar-refractivity contribution in [3.05, 3.63) is 24.8 Å². The summed E-state index contributed by atoms with van der Waals surface area (Å²) in [6.45, 7) is 10.6. The molecular weight excluding hydrogens is 384 g/mol. The number of hydrogen-bond acceptors (Lipinski definition) is 7. The fourth-order valence-corrected chi connectivity index (χ4v) is 3.82. The van der Waals surface area contributed by atoms with Gasteiger partial charge >= 0.3 is 0 Å². The number of nitrogens with zero attached hydrogens (tertiary/aromatic N) is 1. The molecule has 0 saturated carbocycles. The first-order chi connectivity index (χ1) is 13.4. The van der Waals surface area contributed by atoms with Crippen molar-refractivity contribution in [2.45, 2.75) is 13.8 Å². The number of carbonyl (C=O) groups is 1. The lowest BCUT2D eigenvalue weighted by Gasteiger charge is -2.31. The van der Waals surface area contributed by atoms with Crippen LogP contribution >= 0.6 is 0 Å². The van der Waals surface area contributed by atoms with Gasteiger partial charge in [0.05, 0.1) is 43.6 Å². The lowest BCUT2D eigenvalue weighted by molar-refractivity contribution is -0.113. The van der Waals surface area contributed by atoms with E-state index in [0.717, 1.165) is 18.8 Å². The number of benzene rings is 1. The Kier molecular flexibility index (Phi) is 8.13. The van der Waals surface area contributed by atoms with Gasteiger partial charge in [0.2, 0.25) is 5.91 Å². The van der Waals surface area contributed by atoms with Crippen LogP contribution in [0.3, 0.4) is 0 Å². The van der Waals surface area contributed by atoms with Crippen molar-refractivity contribution < 1.29 is 27.4 Å². The van der Waals surface area contributed by atoms with Gasteiger partial charge < -0.3 is 24.4 Å². The summed E-state index contributed by atoms with van der Waals surface area (Å²) in [7, 11) is -3.55. The van der Waals surface area contributed by atoms with Gasteiger partial charge in [-0.25, -0.2) is 8.42 Å². The molecule has 28 heavy (non-hydrogen) atoms. The molecule has 1 amide bonds. The average molecular weight is 413 g/mol. The van der Waals surface area contributed by atoms with Crippen LogP contribution in [0, 0.1) is 0 Å². The van der Waals surface area contributed by atoms with Gasteiger partial charge in [-0.05, 0) is 13.8 Å². The van der Waals surface area contributed by atoms with E-state index < -0.39 is 21.5 Å². The van der Waals surface area contributed by atoms with Gasteiger partial charge in [0.1, 0.15) is 17.3 Å². The van der Waals surface area contributed by atoms with Gasteiger partial charge in [0.25, 0.3) is 0 Å². The summed E-state index contributed by atoms with van der Waals surface area (Å²) in [5.41, 5.74) is 1.23. The highest BCUT2D eigenvalue weighted by Gasteiger charge is 2.22. The van der Waals surface area contributed by atoms with Crippen molar-refractivity contribution in [3.8, 4) is 11.5 Å². The topological polar surface area (TPSA) is 94.2 Å². The van der Waals surface area contributed by atoms with Crippen molar-refractivity contribution >= 4 is 27.1 Å². The van der Waals surface area contributed by atoms with E-state index in [1.54, 1.807) is 6.07 Å². The number of morpholine rings is 1. The number of sulfone groups is 1. The molecular formula is C19H28N2O6S. The molecule has 8 nitrogen and oxygen atoms in total. The number of ether oxygens (including phenoxy) is 3. The Balaban J connectivity index is 2.32. The van der Waals surface area contributed by atoms with E-state index in [9.17, 15) is 13.2 Å². The first-order valence-electron chi connectivity index (χ1n) is 9.27. The second kappa shape index (κ2) is 10.3. The summed E-state index contributed by atoms with van der Waals surface area (Å²) in [6, 6.07) is 3.49. The zero-order valence-electron chi connectivity index (χ0n) is 16.4. The highest BCUT2D eigenvalue weighted by molar-refractivity contribution is 7.92. The minimum absolute atomic E-state index is 0.251. The Morgan fingerprint density at radius 3 is 2.46 bits per heavy atom. The number of carbonyl (C=O) groups excluding carboxylic acids is 1. The minimum Gasteiger partial charge on any atom is -0.492 e. The van der Waals surface area contributed by atoms with Crippen LogP contribution in [0.15, 0.2) is 24.8 Å². The molecule has 1 N–H and O–H groups in total. The van der Waals surface area contributed by atoms with Crippen LogP contribution in [-0.2, 0) is 19.4 Å². The first-order valence-corrected chi connectivity index (χ1v) is 11.1. The van der Waals surface area contributed by atoms with Gasteiger partial charge in [-0.15, -0.1) is 6.58 Å². The summed E-state index contributed by atoms with van der Waals surface area (Å²) in [4.78, 5) is 14.4. The third-order valence-electron chi connectivity index (χ3n) is 4.01. The molecule has 156 valence electrons. The number of nitrogens with one attached hydrogen (secondary N) is 1. The zero-order valence-corrected chi connectivity index (χ0v) is 17.2. The highest BCUT2D eigenvalue weighted by Crippen LogP contribution is 2.39. The zero-order chi connectivity index (χ0) is 20.6. The number of hydrogen-bond donors (Lipinski definition) is 1. The van der Waals surface area contributed by atoms with Crippen molar-refractivity contribution in [1.82, 2.24) is 0 Å². The molecule has 1 aliphatic heterocycles. The maximum atomic E-state index is 12.3. The molecule has 9 heteroatoms. The Morgan fingerprint density at radius 2 is 1.86 bits per heavy atom. The van der Waals surface area contributed by atoms with E-state index >= 15 is 0 Å². The van der Waals surface area contributed by atoms with E-state index in [4.69, 9.17) is 14.2 Å². The Hall–Kier alpha value is -2.26. The summed E-state index contributed by atoms with van der Waals surface area (Å²) in [5.74, 6) is -0.457. The normalized spacial score (nSPS) is 14.4. The average Bonchev–Trinajstić information content (AvgIpc) is 2.64. The summed E-state index contributed by atoms with van der Waals surface area (Å²) >= 11 is 0. The molecule has 0 bridgehead atoms. The maximum Gasteiger partial charge on any atom is 0.239 e. The van der Waals surface area contributed by atoms with E-state index in [-0.39, 0.29) is 5.75 Å². The Bertz CT molecular complexity index is 788. The van der Waals surface area contributed by atoms with Crippen molar-refractivity contribution in [2.24, 2.45) is 0 Å². The number of amides is 1. The minimum atomic E-state index is -3.55. The van der Waals surface area contributed by atoms with Gasteiger partial charge in [0, 0.05) is 25.2 Å². The van der Waals surface area contributed by atoms with Crippen LogP contribution in [0.5, 0.6) is 11.5 Å². The van der Waals surface area contributed by atoms with Crippen LogP contribution in [0.2, 0.25) is 0 Å². The lowest BCUT2D eigenvalue weighted by atomic mass is 10.2. The molecule has 0 aromatic heterocycles. The summed E-state index contributed by atoms with van der Waals surface area (Å²) in [6.07, 6.45) is 1.26. The summed E-state index contributed by atoms with van der Waals surface area (Å²) in [5, 5.41) is 2.64. The molecule has 1 saturated heterocycles.